The smallest absolute Gasteiger partial charge is 0.0625 e. The van der Waals surface area contributed by atoms with E-state index in [4.69, 9.17) is 0 Å². The van der Waals surface area contributed by atoms with Gasteiger partial charge in [0.05, 0.1) is 11.4 Å². The van der Waals surface area contributed by atoms with Crippen molar-refractivity contribution in [3.63, 3.8) is 0 Å². The normalized spacial score (nSPS) is 24.8. The lowest BCUT2D eigenvalue weighted by Gasteiger charge is -2.36. The van der Waals surface area contributed by atoms with Crippen LogP contribution in [0.15, 0.2) is 6.07 Å². The zero-order valence-electron chi connectivity index (χ0n) is 12.8. The second-order valence-corrected chi connectivity index (χ2v) is 5.69. The van der Waals surface area contributed by atoms with E-state index in [1.54, 1.807) is 0 Å². The van der Waals surface area contributed by atoms with E-state index in [1.165, 1.54) is 30.9 Å². The van der Waals surface area contributed by atoms with E-state index in [0.717, 1.165) is 25.4 Å². The quantitative estimate of drug-likeness (QED) is 0.882. The first-order valence-corrected chi connectivity index (χ1v) is 7.63. The maximum Gasteiger partial charge on any atom is 0.0625 e. The average molecular weight is 264 g/mol. The molecule has 19 heavy (non-hydrogen) atoms. The number of aromatic nitrogens is 2. The zero-order valence-corrected chi connectivity index (χ0v) is 12.8. The molecule has 1 fully saturated rings. The highest BCUT2D eigenvalue weighted by molar-refractivity contribution is 5.10. The fourth-order valence-electron chi connectivity index (χ4n) is 3.12. The predicted molar refractivity (Wildman–Crippen MR) is 79.2 cm³/mol. The van der Waals surface area contributed by atoms with E-state index < -0.39 is 0 Å². The Morgan fingerprint density at radius 1 is 1.42 bits per heavy atom. The number of likely N-dealkylation sites (tertiary alicyclic amines) is 1. The molecule has 1 N–H and O–H groups in total. The molecular weight excluding hydrogens is 236 g/mol. The number of rotatable bonds is 5. The molecule has 2 unspecified atom stereocenters. The van der Waals surface area contributed by atoms with Crippen LogP contribution in [0.5, 0.6) is 0 Å². The lowest BCUT2D eigenvalue weighted by Crippen LogP contribution is -2.46. The maximum atomic E-state index is 4.64. The highest BCUT2D eigenvalue weighted by Gasteiger charge is 2.25. The van der Waals surface area contributed by atoms with Crippen molar-refractivity contribution < 1.29 is 0 Å². The van der Waals surface area contributed by atoms with Crippen LogP contribution in [0.2, 0.25) is 0 Å². The Kier molecular flexibility index (Phi) is 4.99. The third-order valence-corrected chi connectivity index (χ3v) is 4.32. The topological polar surface area (TPSA) is 33.1 Å². The molecule has 2 heterocycles. The molecule has 1 aromatic heterocycles. The summed E-state index contributed by atoms with van der Waals surface area (Å²) in [6, 6.07) is 2.96. The summed E-state index contributed by atoms with van der Waals surface area (Å²) in [7, 11) is 2.08. The molecular formula is C15H28N4. The van der Waals surface area contributed by atoms with E-state index >= 15 is 0 Å². The fourth-order valence-corrected chi connectivity index (χ4v) is 3.12. The SMILES string of the molecule is CCc1cc(CN2CCC(NC)C(C)C2)n(CC)n1. The highest BCUT2D eigenvalue weighted by atomic mass is 15.3. The molecule has 2 rings (SSSR count). The van der Waals surface area contributed by atoms with Gasteiger partial charge in [0, 0.05) is 32.2 Å². The van der Waals surface area contributed by atoms with Gasteiger partial charge in [-0.3, -0.25) is 9.58 Å². The second-order valence-electron chi connectivity index (χ2n) is 5.69. The van der Waals surface area contributed by atoms with E-state index in [-0.39, 0.29) is 0 Å². The van der Waals surface area contributed by atoms with Gasteiger partial charge in [-0.05, 0) is 38.8 Å². The summed E-state index contributed by atoms with van der Waals surface area (Å²) in [5.41, 5.74) is 2.59. The van der Waals surface area contributed by atoms with Crippen molar-refractivity contribution in [2.45, 2.75) is 52.7 Å². The van der Waals surface area contributed by atoms with Crippen molar-refractivity contribution in [2.75, 3.05) is 20.1 Å². The number of nitrogens with zero attached hydrogens (tertiary/aromatic N) is 3. The summed E-state index contributed by atoms with van der Waals surface area (Å²) in [6.45, 7) is 11.1. The van der Waals surface area contributed by atoms with Gasteiger partial charge in [-0.1, -0.05) is 13.8 Å². The Labute approximate surface area is 117 Å². The van der Waals surface area contributed by atoms with Crippen LogP contribution < -0.4 is 5.32 Å². The number of piperidine rings is 1. The van der Waals surface area contributed by atoms with Crippen LogP contribution in [0.1, 0.15) is 38.6 Å². The van der Waals surface area contributed by atoms with Crippen molar-refractivity contribution >= 4 is 0 Å². The average Bonchev–Trinajstić information content (AvgIpc) is 2.81. The van der Waals surface area contributed by atoms with Gasteiger partial charge in [-0.25, -0.2) is 0 Å². The molecule has 1 aromatic rings. The molecule has 4 heteroatoms. The molecule has 0 aliphatic carbocycles. The number of hydrogen-bond donors (Lipinski definition) is 1. The van der Waals surface area contributed by atoms with Gasteiger partial charge >= 0.3 is 0 Å². The zero-order chi connectivity index (χ0) is 13.8. The minimum Gasteiger partial charge on any atom is -0.317 e. The summed E-state index contributed by atoms with van der Waals surface area (Å²) in [5.74, 6) is 0.724. The van der Waals surface area contributed by atoms with Crippen LogP contribution in [0.25, 0.3) is 0 Å². The van der Waals surface area contributed by atoms with Crippen molar-refractivity contribution in [3.8, 4) is 0 Å². The van der Waals surface area contributed by atoms with Gasteiger partial charge in [0.25, 0.3) is 0 Å². The largest absolute Gasteiger partial charge is 0.317 e. The van der Waals surface area contributed by atoms with Crippen LogP contribution >= 0.6 is 0 Å². The third-order valence-electron chi connectivity index (χ3n) is 4.32. The Balaban J connectivity index is 1.99. The minimum absolute atomic E-state index is 0.679. The molecule has 0 amide bonds. The Bertz CT molecular complexity index is 399. The summed E-state index contributed by atoms with van der Waals surface area (Å²) >= 11 is 0. The molecule has 0 radical (unpaired) electrons. The van der Waals surface area contributed by atoms with Gasteiger partial charge < -0.3 is 5.32 Å². The van der Waals surface area contributed by atoms with Gasteiger partial charge in [-0.2, -0.15) is 5.10 Å². The first-order valence-electron chi connectivity index (χ1n) is 7.63. The molecule has 1 aliphatic rings. The second kappa shape index (κ2) is 6.53. The van der Waals surface area contributed by atoms with E-state index in [9.17, 15) is 0 Å². The summed E-state index contributed by atoms with van der Waals surface area (Å²) in [4.78, 5) is 2.57. The van der Waals surface area contributed by atoms with Gasteiger partial charge in [0.2, 0.25) is 0 Å². The molecule has 4 nitrogen and oxygen atoms in total. The van der Waals surface area contributed by atoms with Crippen LogP contribution in [-0.2, 0) is 19.5 Å². The fraction of sp³-hybridized carbons (Fsp3) is 0.800. The van der Waals surface area contributed by atoms with Crippen LogP contribution in [0, 0.1) is 5.92 Å². The lowest BCUT2D eigenvalue weighted by molar-refractivity contribution is 0.142. The molecule has 108 valence electrons. The van der Waals surface area contributed by atoms with E-state index in [2.05, 4.69) is 53.9 Å². The number of aryl methyl sites for hydroxylation is 2. The van der Waals surface area contributed by atoms with E-state index in [1.807, 2.05) is 0 Å². The Morgan fingerprint density at radius 2 is 2.21 bits per heavy atom. The monoisotopic (exact) mass is 264 g/mol. The lowest BCUT2D eigenvalue weighted by atomic mass is 9.94. The minimum atomic E-state index is 0.679. The molecule has 1 saturated heterocycles. The molecule has 1 aliphatic heterocycles. The summed E-state index contributed by atoms with van der Waals surface area (Å²) < 4.78 is 2.16. The first-order chi connectivity index (χ1) is 9.17. The van der Waals surface area contributed by atoms with E-state index in [0.29, 0.717) is 6.04 Å². The van der Waals surface area contributed by atoms with Crippen molar-refractivity contribution in [1.29, 1.82) is 0 Å². The highest BCUT2D eigenvalue weighted by Crippen LogP contribution is 2.19. The van der Waals surface area contributed by atoms with Gasteiger partial charge in [0.15, 0.2) is 0 Å². The molecule has 0 bridgehead atoms. The van der Waals surface area contributed by atoms with Crippen LogP contribution in [-0.4, -0.2) is 40.9 Å². The van der Waals surface area contributed by atoms with Crippen molar-refractivity contribution in [2.24, 2.45) is 5.92 Å². The maximum absolute atomic E-state index is 4.64. The van der Waals surface area contributed by atoms with Crippen LogP contribution in [0.3, 0.4) is 0 Å². The molecule has 0 saturated carbocycles. The van der Waals surface area contributed by atoms with Gasteiger partial charge in [-0.15, -0.1) is 0 Å². The Morgan fingerprint density at radius 3 is 2.79 bits per heavy atom. The first kappa shape index (κ1) is 14.5. The Hall–Kier alpha value is -0.870. The van der Waals surface area contributed by atoms with Crippen molar-refractivity contribution in [1.82, 2.24) is 20.0 Å². The third kappa shape index (κ3) is 3.37. The number of hydrogen-bond acceptors (Lipinski definition) is 3. The summed E-state index contributed by atoms with van der Waals surface area (Å²) in [5, 5.41) is 8.07. The predicted octanol–water partition coefficient (Wildman–Crippen LogP) is 1.90. The van der Waals surface area contributed by atoms with Crippen molar-refractivity contribution in [3.05, 3.63) is 17.5 Å². The molecule has 0 aromatic carbocycles. The molecule has 0 spiro atoms. The van der Waals surface area contributed by atoms with Crippen LogP contribution in [0.4, 0.5) is 0 Å². The standard InChI is InChI=1S/C15H28N4/c1-5-13-9-14(19(6-2)17-13)11-18-8-7-15(16-4)12(3)10-18/h9,12,15-16H,5-8,10-11H2,1-4H3. The summed E-state index contributed by atoms with van der Waals surface area (Å²) in [6.07, 6.45) is 2.27. The number of nitrogens with one attached hydrogen (secondary N) is 1. The van der Waals surface area contributed by atoms with Gasteiger partial charge in [0.1, 0.15) is 0 Å². The molecule has 2 atom stereocenters.